The second-order valence-electron chi connectivity index (χ2n) is 6.20. The Balaban J connectivity index is 2.08. The highest BCUT2D eigenvalue weighted by atomic mass is 79.9. The zero-order valence-electron chi connectivity index (χ0n) is 15.9. The number of aryl methyl sites for hydroxylation is 1. The van der Waals surface area contributed by atoms with E-state index in [9.17, 15) is 9.59 Å². The fourth-order valence-corrected chi connectivity index (χ4v) is 3.86. The van der Waals surface area contributed by atoms with E-state index in [1.165, 1.54) is 11.3 Å². The molecular formula is C20H24BrNO4S. The van der Waals surface area contributed by atoms with Crippen molar-refractivity contribution in [3.63, 3.8) is 0 Å². The quantitative estimate of drug-likeness (QED) is 0.544. The van der Waals surface area contributed by atoms with E-state index in [2.05, 4.69) is 35.1 Å². The number of benzene rings is 1. The Morgan fingerprint density at radius 1 is 1.22 bits per heavy atom. The number of carbonyl (C=O) groups excluding carboxylic acids is 2. The number of rotatable bonds is 8. The molecule has 0 fully saturated rings. The first-order chi connectivity index (χ1) is 12.8. The summed E-state index contributed by atoms with van der Waals surface area (Å²) >= 11 is 4.83. The van der Waals surface area contributed by atoms with Crippen LogP contribution in [0.4, 0.5) is 5.00 Å². The van der Waals surface area contributed by atoms with E-state index >= 15 is 0 Å². The Hall–Kier alpha value is -1.86. The van der Waals surface area contributed by atoms with Crippen LogP contribution in [0.2, 0.25) is 0 Å². The predicted molar refractivity (Wildman–Crippen MR) is 112 cm³/mol. The molecule has 146 valence electrons. The van der Waals surface area contributed by atoms with Gasteiger partial charge in [-0.2, -0.15) is 0 Å². The summed E-state index contributed by atoms with van der Waals surface area (Å²) in [7, 11) is 0. The molecule has 2 aromatic rings. The van der Waals surface area contributed by atoms with E-state index in [0.717, 1.165) is 21.3 Å². The number of hydrogen-bond donors (Lipinski definition) is 1. The van der Waals surface area contributed by atoms with Crippen molar-refractivity contribution >= 4 is 44.1 Å². The smallest absolute Gasteiger partial charge is 0.341 e. The molecule has 1 aromatic carbocycles. The number of carbonyl (C=O) groups is 2. The third-order valence-electron chi connectivity index (χ3n) is 3.83. The number of thiophene rings is 1. The summed E-state index contributed by atoms with van der Waals surface area (Å²) in [6.07, 6.45) is 0.778. The molecule has 0 saturated carbocycles. The summed E-state index contributed by atoms with van der Waals surface area (Å²) in [5, 5.41) is 3.28. The fraction of sp³-hybridized carbons (Fsp3) is 0.400. The normalized spacial score (nSPS) is 10.7. The van der Waals surface area contributed by atoms with Gasteiger partial charge in [-0.15, -0.1) is 11.3 Å². The molecule has 27 heavy (non-hydrogen) atoms. The molecule has 7 heteroatoms. The minimum atomic E-state index is -0.431. The van der Waals surface area contributed by atoms with Gasteiger partial charge in [0.2, 0.25) is 0 Å². The lowest BCUT2D eigenvalue weighted by molar-refractivity contribution is -0.118. The zero-order chi connectivity index (χ0) is 20.0. The first-order valence-corrected chi connectivity index (χ1v) is 10.5. The average Bonchev–Trinajstić information content (AvgIpc) is 3.03. The molecule has 0 bridgehead atoms. The fourth-order valence-electron chi connectivity index (χ4n) is 2.48. The highest BCUT2D eigenvalue weighted by Crippen LogP contribution is 2.31. The molecule has 0 aliphatic rings. The molecule has 1 amide bonds. The van der Waals surface area contributed by atoms with Crippen LogP contribution in [0.5, 0.6) is 5.75 Å². The van der Waals surface area contributed by atoms with Crippen molar-refractivity contribution in [1.29, 1.82) is 0 Å². The Morgan fingerprint density at radius 3 is 2.59 bits per heavy atom. The average molecular weight is 454 g/mol. The molecule has 0 atom stereocenters. The van der Waals surface area contributed by atoms with Crippen LogP contribution >= 0.6 is 27.3 Å². The lowest BCUT2D eigenvalue weighted by atomic mass is 10.0. The van der Waals surface area contributed by atoms with Crippen molar-refractivity contribution in [2.75, 3.05) is 18.5 Å². The van der Waals surface area contributed by atoms with Crippen LogP contribution in [-0.2, 0) is 16.0 Å². The van der Waals surface area contributed by atoms with Crippen molar-refractivity contribution in [2.45, 2.75) is 40.0 Å². The van der Waals surface area contributed by atoms with Gasteiger partial charge in [0.25, 0.3) is 5.91 Å². The van der Waals surface area contributed by atoms with Crippen LogP contribution < -0.4 is 10.1 Å². The van der Waals surface area contributed by atoms with Crippen LogP contribution in [0.1, 0.15) is 54.4 Å². The number of ether oxygens (including phenoxy) is 2. The summed E-state index contributed by atoms with van der Waals surface area (Å²) in [5.41, 5.74) is 1.41. The van der Waals surface area contributed by atoms with Gasteiger partial charge in [0, 0.05) is 9.35 Å². The van der Waals surface area contributed by atoms with Crippen LogP contribution in [0, 0.1) is 0 Å². The summed E-state index contributed by atoms with van der Waals surface area (Å²) in [5.74, 6) is 0.192. The largest absolute Gasteiger partial charge is 0.483 e. The highest BCUT2D eigenvalue weighted by Gasteiger charge is 2.19. The molecule has 0 unspecified atom stereocenters. The molecule has 0 saturated heterocycles. The van der Waals surface area contributed by atoms with E-state index in [0.29, 0.717) is 16.3 Å². The van der Waals surface area contributed by atoms with Gasteiger partial charge in [0.1, 0.15) is 10.8 Å². The maximum atomic E-state index is 12.4. The van der Waals surface area contributed by atoms with Gasteiger partial charge in [-0.3, -0.25) is 4.79 Å². The minimum absolute atomic E-state index is 0.136. The van der Waals surface area contributed by atoms with E-state index in [1.807, 2.05) is 25.1 Å². The van der Waals surface area contributed by atoms with Crippen molar-refractivity contribution in [3.05, 3.63) is 44.7 Å². The van der Waals surface area contributed by atoms with Crippen molar-refractivity contribution in [3.8, 4) is 5.75 Å². The van der Waals surface area contributed by atoms with Gasteiger partial charge >= 0.3 is 5.97 Å². The summed E-state index contributed by atoms with van der Waals surface area (Å²) in [6, 6.07) is 7.48. The van der Waals surface area contributed by atoms with E-state index in [-0.39, 0.29) is 25.0 Å². The summed E-state index contributed by atoms with van der Waals surface area (Å²) in [6.45, 7) is 8.03. The minimum Gasteiger partial charge on any atom is -0.483 e. The monoisotopic (exact) mass is 453 g/mol. The van der Waals surface area contributed by atoms with Crippen LogP contribution in [-0.4, -0.2) is 25.1 Å². The molecule has 0 radical (unpaired) electrons. The van der Waals surface area contributed by atoms with Crippen LogP contribution in [0.25, 0.3) is 0 Å². The van der Waals surface area contributed by atoms with E-state index < -0.39 is 5.97 Å². The number of anilines is 1. The molecular weight excluding hydrogens is 430 g/mol. The van der Waals surface area contributed by atoms with Crippen LogP contribution in [0.3, 0.4) is 0 Å². The second-order valence-corrected chi connectivity index (χ2v) is 8.26. The number of esters is 1. The molecule has 1 N–H and O–H groups in total. The molecule has 5 nitrogen and oxygen atoms in total. The van der Waals surface area contributed by atoms with Gasteiger partial charge in [0.05, 0.1) is 12.2 Å². The number of hydrogen-bond acceptors (Lipinski definition) is 5. The first kappa shape index (κ1) is 21.4. The molecule has 0 aliphatic heterocycles. The zero-order valence-corrected chi connectivity index (χ0v) is 18.3. The molecule has 1 aromatic heterocycles. The van der Waals surface area contributed by atoms with Gasteiger partial charge in [-0.1, -0.05) is 36.7 Å². The Morgan fingerprint density at radius 2 is 1.96 bits per heavy atom. The molecule has 0 spiro atoms. The van der Waals surface area contributed by atoms with Crippen molar-refractivity contribution < 1.29 is 19.1 Å². The SMILES string of the molecule is CCOC(=O)c1cc(CC)sc1NC(=O)COc1ccc(Br)cc1C(C)C. The van der Waals surface area contributed by atoms with Gasteiger partial charge < -0.3 is 14.8 Å². The van der Waals surface area contributed by atoms with Crippen LogP contribution in [0.15, 0.2) is 28.7 Å². The number of amides is 1. The summed E-state index contributed by atoms with van der Waals surface area (Å²) < 4.78 is 11.8. The third-order valence-corrected chi connectivity index (χ3v) is 5.52. The third kappa shape index (κ3) is 5.81. The first-order valence-electron chi connectivity index (χ1n) is 8.87. The number of nitrogens with one attached hydrogen (secondary N) is 1. The maximum Gasteiger partial charge on any atom is 0.341 e. The lowest BCUT2D eigenvalue weighted by Gasteiger charge is -2.14. The van der Waals surface area contributed by atoms with Gasteiger partial charge in [0.15, 0.2) is 6.61 Å². The number of halogens is 1. The summed E-state index contributed by atoms with van der Waals surface area (Å²) in [4.78, 5) is 25.5. The van der Waals surface area contributed by atoms with Crippen molar-refractivity contribution in [2.24, 2.45) is 0 Å². The molecule has 1 heterocycles. The maximum absolute atomic E-state index is 12.4. The highest BCUT2D eigenvalue weighted by molar-refractivity contribution is 9.10. The Labute approximate surface area is 172 Å². The van der Waals surface area contributed by atoms with E-state index in [4.69, 9.17) is 9.47 Å². The Kier molecular flexibility index (Phi) is 7.86. The topological polar surface area (TPSA) is 64.6 Å². The molecule has 0 aliphatic carbocycles. The van der Waals surface area contributed by atoms with Gasteiger partial charge in [-0.25, -0.2) is 4.79 Å². The van der Waals surface area contributed by atoms with Crippen molar-refractivity contribution in [1.82, 2.24) is 0 Å². The predicted octanol–water partition coefficient (Wildman–Crippen LogP) is 5.39. The second kappa shape index (κ2) is 9.90. The van der Waals surface area contributed by atoms with E-state index in [1.54, 1.807) is 13.0 Å². The van der Waals surface area contributed by atoms with Gasteiger partial charge in [-0.05, 0) is 49.1 Å². The molecule has 2 rings (SSSR count). The standard InChI is InChI=1S/C20H24BrNO4S/c1-5-14-10-16(20(24)25-6-2)19(27-14)22-18(23)11-26-17-8-7-13(21)9-15(17)12(3)4/h7-10,12H,5-6,11H2,1-4H3,(H,22,23). The lowest BCUT2D eigenvalue weighted by Crippen LogP contribution is -2.21. The Bertz CT molecular complexity index is 816.